The number of carbonyl (C=O) groups excluding carboxylic acids is 2. The number of H-pyrrole nitrogens is 1. The lowest BCUT2D eigenvalue weighted by Crippen LogP contribution is -2.20. The molecule has 2 aromatic heterocycles. The molecule has 0 bridgehead atoms. The summed E-state index contributed by atoms with van der Waals surface area (Å²) in [5.41, 5.74) is 2.55. The number of nitrogens with zero attached hydrogens (tertiary/aromatic N) is 2. The molecule has 142 valence electrons. The minimum Gasteiger partial charge on any atom is -0.484 e. The van der Waals surface area contributed by atoms with E-state index < -0.39 is 5.97 Å². The molecule has 0 radical (unpaired) electrons. The molecule has 2 heterocycles. The second kappa shape index (κ2) is 8.83. The highest BCUT2D eigenvalue weighted by atomic mass is 32.1. The van der Waals surface area contributed by atoms with Crippen LogP contribution in [0.3, 0.4) is 0 Å². The molecule has 0 unspecified atom stereocenters. The molecule has 0 aliphatic rings. The van der Waals surface area contributed by atoms with E-state index in [4.69, 9.17) is 10.00 Å². The highest BCUT2D eigenvalue weighted by Crippen LogP contribution is 2.25. The van der Waals surface area contributed by atoms with Gasteiger partial charge in [0.05, 0.1) is 25.3 Å². The molecule has 28 heavy (non-hydrogen) atoms. The number of aromatic nitrogens is 2. The summed E-state index contributed by atoms with van der Waals surface area (Å²) >= 11 is 1.27. The molecule has 0 saturated heterocycles. The molecular weight excluding hydrogens is 380 g/mol. The van der Waals surface area contributed by atoms with Crippen molar-refractivity contribution in [2.75, 3.05) is 19.0 Å². The van der Waals surface area contributed by atoms with Gasteiger partial charge in [-0.15, -0.1) is 11.3 Å². The Bertz CT molecular complexity index is 1020. The van der Waals surface area contributed by atoms with Crippen molar-refractivity contribution in [3.05, 3.63) is 53.2 Å². The van der Waals surface area contributed by atoms with E-state index in [2.05, 4.69) is 26.1 Å². The van der Waals surface area contributed by atoms with Gasteiger partial charge >= 0.3 is 5.97 Å². The fourth-order valence-corrected chi connectivity index (χ4v) is 3.07. The molecule has 0 spiro atoms. The van der Waals surface area contributed by atoms with E-state index in [1.54, 1.807) is 41.9 Å². The van der Waals surface area contributed by atoms with Gasteiger partial charge in [0.2, 0.25) is 0 Å². The smallest absolute Gasteiger partial charge is 0.354 e. The zero-order valence-electron chi connectivity index (χ0n) is 14.9. The summed E-state index contributed by atoms with van der Waals surface area (Å²) in [6, 6.07) is 10.7. The quantitative estimate of drug-likeness (QED) is 0.593. The van der Waals surface area contributed by atoms with Crippen LogP contribution >= 0.6 is 11.3 Å². The minimum atomic E-state index is -0.465. The number of anilines is 1. The normalized spacial score (nSPS) is 10.1. The standard InChI is InChI=1S/C19H16N4O4S/c1-26-18(25)15-8-13(9-21-15)16-11-28-19(22-16)23-17(24)10-27-14-4-2-12(3-5-14)6-7-20/h2-5,8-9,11,21H,6,10H2,1H3,(H,22,23,24). The van der Waals surface area contributed by atoms with Crippen molar-refractivity contribution in [2.45, 2.75) is 6.42 Å². The molecule has 8 nitrogen and oxygen atoms in total. The third-order valence-corrected chi connectivity index (χ3v) is 4.47. The summed E-state index contributed by atoms with van der Waals surface area (Å²) in [7, 11) is 1.31. The maximum absolute atomic E-state index is 12.1. The number of aromatic amines is 1. The van der Waals surface area contributed by atoms with E-state index in [1.807, 2.05) is 0 Å². The second-order valence-electron chi connectivity index (χ2n) is 5.65. The first-order valence-electron chi connectivity index (χ1n) is 8.20. The van der Waals surface area contributed by atoms with Crippen LogP contribution in [-0.4, -0.2) is 35.6 Å². The van der Waals surface area contributed by atoms with Crippen molar-refractivity contribution in [2.24, 2.45) is 0 Å². The third-order valence-electron chi connectivity index (χ3n) is 3.71. The van der Waals surface area contributed by atoms with Gasteiger partial charge in [0.1, 0.15) is 11.4 Å². The van der Waals surface area contributed by atoms with E-state index in [1.165, 1.54) is 18.4 Å². The highest BCUT2D eigenvalue weighted by Gasteiger charge is 2.13. The predicted octanol–water partition coefficient (Wildman–Crippen LogP) is 3.01. The van der Waals surface area contributed by atoms with Crippen LogP contribution in [0.5, 0.6) is 5.75 Å². The lowest BCUT2D eigenvalue weighted by molar-refractivity contribution is -0.118. The van der Waals surface area contributed by atoms with Gasteiger partial charge in [-0.25, -0.2) is 9.78 Å². The molecule has 3 aromatic rings. The lowest BCUT2D eigenvalue weighted by atomic mass is 10.2. The first-order chi connectivity index (χ1) is 13.6. The summed E-state index contributed by atoms with van der Waals surface area (Å²) in [5, 5.41) is 13.5. The monoisotopic (exact) mass is 396 g/mol. The first-order valence-corrected chi connectivity index (χ1v) is 9.08. The zero-order valence-corrected chi connectivity index (χ0v) is 15.7. The summed E-state index contributed by atoms with van der Waals surface area (Å²) in [6.45, 7) is -0.164. The van der Waals surface area contributed by atoms with Gasteiger partial charge in [-0.3, -0.25) is 10.1 Å². The largest absolute Gasteiger partial charge is 0.484 e. The van der Waals surface area contributed by atoms with Crippen LogP contribution in [0.1, 0.15) is 16.1 Å². The van der Waals surface area contributed by atoms with Gasteiger partial charge in [-0.1, -0.05) is 12.1 Å². The Hall–Kier alpha value is -3.64. The maximum atomic E-state index is 12.1. The topological polar surface area (TPSA) is 117 Å². The molecule has 0 fully saturated rings. The van der Waals surface area contributed by atoms with Gasteiger partial charge in [-0.05, 0) is 23.8 Å². The van der Waals surface area contributed by atoms with Gasteiger partial charge < -0.3 is 14.5 Å². The number of carbonyl (C=O) groups is 2. The van der Waals surface area contributed by atoms with Crippen LogP contribution in [0.15, 0.2) is 41.9 Å². The molecule has 3 rings (SSSR count). The average Bonchev–Trinajstić information content (AvgIpc) is 3.36. The summed E-state index contributed by atoms with van der Waals surface area (Å²) < 4.78 is 10.1. The molecule has 0 saturated carbocycles. The molecule has 1 amide bonds. The van der Waals surface area contributed by atoms with Crippen molar-refractivity contribution in [3.63, 3.8) is 0 Å². The Labute approximate surface area is 164 Å². The fourth-order valence-electron chi connectivity index (χ4n) is 2.33. The highest BCUT2D eigenvalue weighted by molar-refractivity contribution is 7.14. The number of thiazole rings is 1. The fraction of sp³-hybridized carbons (Fsp3) is 0.158. The number of benzene rings is 1. The molecular formula is C19H16N4O4S. The number of hydrogen-bond donors (Lipinski definition) is 2. The number of esters is 1. The van der Waals surface area contributed by atoms with Crippen LogP contribution in [-0.2, 0) is 16.0 Å². The van der Waals surface area contributed by atoms with E-state index in [0.29, 0.717) is 34.3 Å². The average molecular weight is 396 g/mol. The Morgan fingerprint density at radius 3 is 2.82 bits per heavy atom. The summed E-state index contributed by atoms with van der Waals surface area (Å²) in [6.07, 6.45) is 1.97. The Balaban J connectivity index is 1.54. The number of methoxy groups -OCH3 is 1. The third kappa shape index (κ3) is 4.75. The molecule has 2 N–H and O–H groups in total. The Morgan fingerprint density at radius 1 is 1.32 bits per heavy atom. The summed E-state index contributed by atoms with van der Waals surface area (Å²) in [4.78, 5) is 30.7. The van der Waals surface area contributed by atoms with Crippen LogP contribution in [0.2, 0.25) is 0 Å². The van der Waals surface area contributed by atoms with Crippen molar-refractivity contribution in [1.29, 1.82) is 5.26 Å². The van der Waals surface area contributed by atoms with Crippen molar-refractivity contribution in [1.82, 2.24) is 9.97 Å². The summed E-state index contributed by atoms with van der Waals surface area (Å²) in [5.74, 6) is -0.265. The van der Waals surface area contributed by atoms with Crippen molar-refractivity contribution >= 4 is 28.3 Å². The van der Waals surface area contributed by atoms with Crippen LogP contribution in [0.25, 0.3) is 11.3 Å². The second-order valence-corrected chi connectivity index (χ2v) is 6.51. The Morgan fingerprint density at radius 2 is 2.11 bits per heavy atom. The molecule has 0 aliphatic carbocycles. The van der Waals surface area contributed by atoms with Crippen molar-refractivity contribution in [3.8, 4) is 23.1 Å². The van der Waals surface area contributed by atoms with E-state index >= 15 is 0 Å². The minimum absolute atomic E-state index is 0.164. The van der Waals surface area contributed by atoms with E-state index in [9.17, 15) is 9.59 Å². The lowest BCUT2D eigenvalue weighted by Gasteiger charge is -2.06. The van der Waals surface area contributed by atoms with E-state index in [-0.39, 0.29) is 12.5 Å². The number of ether oxygens (including phenoxy) is 2. The molecule has 0 aliphatic heterocycles. The number of rotatable bonds is 7. The number of amides is 1. The van der Waals surface area contributed by atoms with Gasteiger partial charge in [0.15, 0.2) is 11.7 Å². The molecule has 0 atom stereocenters. The van der Waals surface area contributed by atoms with Gasteiger partial charge in [0, 0.05) is 17.1 Å². The molecule has 9 heteroatoms. The maximum Gasteiger partial charge on any atom is 0.354 e. The predicted molar refractivity (Wildman–Crippen MR) is 103 cm³/mol. The van der Waals surface area contributed by atoms with Crippen LogP contribution in [0, 0.1) is 11.3 Å². The number of hydrogen-bond acceptors (Lipinski definition) is 7. The van der Waals surface area contributed by atoms with Gasteiger partial charge in [0.25, 0.3) is 5.91 Å². The zero-order chi connectivity index (χ0) is 19.9. The molecule has 1 aromatic carbocycles. The first kappa shape index (κ1) is 19.1. The van der Waals surface area contributed by atoms with Crippen molar-refractivity contribution < 1.29 is 19.1 Å². The number of nitriles is 1. The van der Waals surface area contributed by atoms with Crippen LogP contribution < -0.4 is 10.1 Å². The van der Waals surface area contributed by atoms with Gasteiger partial charge in [-0.2, -0.15) is 5.26 Å². The Kier molecular flexibility index (Phi) is 6.04. The SMILES string of the molecule is COC(=O)c1cc(-c2csc(NC(=O)COc3ccc(CC#N)cc3)n2)c[nH]1. The van der Waals surface area contributed by atoms with Crippen LogP contribution in [0.4, 0.5) is 5.13 Å². The van der Waals surface area contributed by atoms with E-state index in [0.717, 1.165) is 5.56 Å². The number of nitrogens with one attached hydrogen (secondary N) is 2.